The van der Waals surface area contributed by atoms with E-state index in [1.54, 1.807) is 12.4 Å². The number of fused-ring (bicyclic) bond motifs is 1. The van der Waals surface area contributed by atoms with Crippen LogP contribution in [-0.4, -0.2) is 29.9 Å². The highest BCUT2D eigenvalue weighted by Gasteiger charge is 2.17. The summed E-state index contributed by atoms with van der Waals surface area (Å²) in [4.78, 5) is 13.4. The number of hydrogen-bond donors (Lipinski definition) is 0. The zero-order valence-electron chi connectivity index (χ0n) is 14.9. The Labute approximate surface area is 152 Å². The van der Waals surface area contributed by atoms with Crippen LogP contribution < -0.4 is 0 Å². The molecule has 0 aliphatic rings. The molecule has 130 valence electrons. The van der Waals surface area contributed by atoms with Crippen LogP contribution in [0, 0.1) is 6.92 Å². The van der Waals surface area contributed by atoms with E-state index in [2.05, 4.69) is 38.3 Å². The number of nitrogens with zero attached hydrogens (tertiary/aromatic N) is 6. The van der Waals surface area contributed by atoms with Crippen molar-refractivity contribution in [1.29, 1.82) is 0 Å². The third-order valence-electron chi connectivity index (χ3n) is 4.34. The van der Waals surface area contributed by atoms with Crippen LogP contribution in [0.3, 0.4) is 0 Å². The van der Waals surface area contributed by atoms with E-state index in [9.17, 15) is 0 Å². The topological polar surface area (TPSA) is 69.4 Å². The van der Waals surface area contributed by atoms with Crippen LogP contribution in [0.4, 0.5) is 0 Å². The molecule has 0 N–H and O–H groups in total. The molecule has 4 aromatic rings. The highest BCUT2D eigenvalue weighted by Crippen LogP contribution is 2.28. The van der Waals surface area contributed by atoms with Crippen LogP contribution in [0.25, 0.3) is 28.1 Å². The Kier molecular flexibility index (Phi) is 4.39. The zero-order chi connectivity index (χ0) is 17.9. The second-order valence-electron chi connectivity index (χ2n) is 6.30. The zero-order valence-corrected chi connectivity index (χ0v) is 14.9. The van der Waals surface area contributed by atoms with Crippen LogP contribution in [0.15, 0.2) is 48.8 Å². The highest BCUT2D eigenvalue weighted by atomic mass is 15.4. The maximum Gasteiger partial charge on any atom is 0.156 e. The number of aryl methyl sites for hydroxylation is 2. The predicted octanol–water partition coefficient (Wildman–Crippen LogP) is 3.92. The van der Waals surface area contributed by atoms with E-state index in [1.165, 1.54) is 0 Å². The maximum atomic E-state index is 4.62. The molecule has 6 nitrogen and oxygen atoms in total. The third kappa shape index (κ3) is 3.06. The molecule has 0 spiro atoms. The van der Waals surface area contributed by atoms with Gasteiger partial charge in [0.05, 0.1) is 22.4 Å². The van der Waals surface area contributed by atoms with Crippen molar-refractivity contribution in [2.24, 2.45) is 0 Å². The summed E-state index contributed by atoms with van der Waals surface area (Å²) < 4.78 is 1.83. The summed E-state index contributed by atoms with van der Waals surface area (Å²) in [7, 11) is 0. The van der Waals surface area contributed by atoms with E-state index in [0.29, 0.717) is 0 Å². The molecule has 0 aliphatic carbocycles. The van der Waals surface area contributed by atoms with Gasteiger partial charge in [0.25, 0.3) is 0 Å². The average molecular weight is 344 g/mol. The third-order valence-corrected chi connectivity index (χ3v) is 4.34. The number of pyridine rings is 1. The average Bonchev–Trinajstić information content (AvgIpc) is 3.10. The van der Waals surface area contributed by atoms with Crippen LogP contribution in [-0.2, 0) is 6.42 Å². The lowest BCUT2D eigenvalue weighted by Gasteiger charge is -2.09. The van der Waals surface area contributed by atoms with Crippen molar-refractivity contribution in [2.75, 3.05) is 0 Å². The van der Waals surface area contributed by atoms with E-state index >= 15 is 0 Å². The minimum Gasteiger partial charge on any atom is -0.253 e. The molecule has 1 aromatic carbocycles. The van der Waals surface area contributed by atoms with Gasteiger partial charge in [-0.2, -0.15) is 4.68 Å². The molecule has 3 aromatic heterocycles. The first-order chi connectivity index (χ1) is 12.8. The Morgan fingerprint density at radius 3 is 2.65 bits per heavy atom. The van der Waals surface area contributed by atoms with Gasteiger partial charge in [-0.25, -0.2) is 4.98 Å². The van der Waals surface area contributed by atoms with Gasteiger partial charge in [0, 0.05) is 23.7 Å². The molecule has 4 rings (SSSR count). The number of aromatic nitrogens is 6. The normalized spacial score (nSPS) is 11.2. The molecule has 0 atom stereocenters. The standard InChI is InChI=1S/C20H20N6/c1-3-4-7-17-20(15-9-10-16-18(13-15)22-12-11-21-16)26(25-24-17)19-8-5-6-14(2)23-19/h5-6,8-13H,3-4,7H2,1-2H3. The first-order valence-corrected chi connectivity index (χ1v) is 8.86. The van der Waals surface area contributed by atoms with Gasteiger partial charge in [-0.3, -0.25) is 9.97 Å². The van der Waals surface area contributed by atoms with Gasteiger partial charge >= 0.3 is 0 Å². The van der Waals surface area contributed by atoms with Crippen molar-refractivity contribution in [1.82, 2.24) is 29.9 Å². The van der Waals surface area contributed by atoms with Crippen molar-refractivity contribution in [3.05, 3.63) is 60.2 Å². The van der Waals surface area contributed by atoms with Crippen LogP contribution in [0.2, 0.25) is 0 Å². The Balaban J connectivity index is 1.89. The summed E-state index contributed by atoms with van der Waals surface area (Å²) in [6.07, 6.45) is 6.48. The van der Waals surface area contributed by atoms with E-state index < -0.39 is 0 Å². The molecule has 0 bridgehead atoms. The SMILES string of the molecule is CCCCc1nnn(-c2cccc(C)n2)c1-c1ccc2nccnc2c1. The van der Waals surface area contributed by atoms with Crippen molar-refractivity contribution in [2.45, 2.75) is 33.1 Å². The smallest absolute Gasteiger partial charge is 0.156 e. The van der Waals surface area contributed by atoms with Gasteiger partial charge in [-0.1, -0.05) is 30.7 Å². The largest absolute Gasteiger partial charge is 0.253 e. The lowest BCUT2D eigenvalue weighted by atomic mass is 10.1. The monoisotopic (exact) mass is 344 g/mol. The Morgan fingerprint density at radius 1 is 1.00 bits per heavy atom. The summed E-state index contributed by atoms with van der Waals surface area (Å²) in [6, 6.07) is 12.0. The van der Waals surface area contributed by atoms with Crippen LogP contribution >= 0.6 is 0 Å². The van der Waals surface area contributed by atoms with Crippen molar-refractivity contribution in [3.63, 3.8) is 0 Å². The van der Waals surface area contributed by atoms with Gasteiger partial charge in [0.2, 0.25) is 0 Å². The van der Waals surface area contributed by atoms with Gasteiger partial charge < -0.3 is 0 Å². The second-order valence-corrected chi connectivity index (χ2v) is 6.30. The Hall–Kier alpha value is -3.15. The molecule has 0 radical (unpaired) electrons. The van der Waals surface area contributed by atoms with E-state index in [1.807, 2.05) is 41.9 Å². The molecule has 0 saturated heterocycles. The summed E-state index contributed by atoms with van der Waals surface area (Å²) >= 11 is 0. The number of hydrogen-bond acceptors (Lipinski definition) is 5. The molecule has 3 heterocycles. The van der Waals surface area contributed by atoms with Crippen molar-refractivity contribution >= 4 is 11.0 Å². The summed E-state index contributed by atoms with van der Waals surface area (Å²) in [5.41, 5.74) is 5.67. The minimum atomic E-state index is 0.773. The lowest BCUT2D eigenvalue weighted by Crippen LogP contribution is -2.03. The minimum absolute atomic E-state index is 0.773. The molecule has 26 heavy (non-hydrogen) atoms. The summed E-state index contributed by atoms with van der Waals surface area (Å²) in [5, 5.41) is 8.86. The van der Waals surface area contributed by atoms with Crippen LogP contribution in [0.5, 0.6) is 0 Å². The fourth-order valence-corrected chi connectivity index (χ4v) is 3.03. The molecule has 6 heteroatoms. The van der Waals surface area contributed by atoms with Gasteiger partial charge in [-0.05, 0) is 44.0 Å². The quantitative estimate of drug-likeness (QED) is 0.549. The number of unbranched alkanes of at least 4 members (excludes halogenated alkanes) is 1. The first kappa shape index (κ1) is 16.3. The first-order valence-electron chi connectivity index (χ1n) is 8.86. The van der Waals surface area contributed by atoms with Crippen molar-refractivity contribution < 1.29 is 0 Å². The van der Waals surface area contributed by atoms with Gasteiger partial charge in [0.1, 0.15) is 0 Å². The van der Waals surface area contributed by atoms with Crippen molar-refractivity contribution in [3.8, 4) is 17.1 Å². The molecular weight excluding hydrogens is 324 g/mol. The van der Waals surface area contributed by atoms with Gasteiger partial charge in [-0.15, -0.1) is 5.10 Å². The van der Waals surface area contributed by atoms with Crippen LogP contribution in [0.1, 0.15) is 31.2 Å². The maximum absolute atomic E-state index is 4.62. The Bertz CT molecular complexity index is 1050. The number of rotatable bonds is 5. The summed E-state index contributed by atoms with van der Waals surface area (Å²) in [6.45, 7) is 4.15. The molecule has 0 saturated carbocycles. The summed E-state index contributed by atoms with van der Waals surface area (Å²) in [5.74, 6) is 0.773. The fraction of sp³-hybridized carbons (Fsp3) is 0.250. The van der Waals surface area contributed by atoms with Gasteiger partial charge in [0.15, 0.2) is 5.82 Å². The second kappa shape index (κ2) is 7.00. The molecular formula is C20H20N6. The van der Waals surface area contributed by atoms with E-state index in [-0.39, 0.29) is 0 Å². The predicted molar refractivity (Wildman–Crippen MR) is 101 cm³/mol. The fourth-order valence-electron chi connectivity index (χ4n) is 3.03. The molecule has 0 fully saturated rings. The molecule has 0 aliphatic heterocycles. The van der Waals surface area contributed by atoms with E-state index in [4.69, 9.17) is 0 Å². The molecule has 0 unspecified atom stereocenters. The molecule has 0 amide bonds. The Morgan fingerprint density at radius 2 is 1.85 bits per heavy atom. The number of benzene rings is 1. The lowest BCUT2D eigenvalue weighted by molar-refractivity contribution is 0.755. The highest BCUT2D eigenvalue weighted by molar-refractivity contribution is 5.81. The van der Waals surface area contributed by atoms with E-state index in [0.717, 1.165) is 58.8 Å².